The van der Waals surface area contributed by atoms with E-state index in [0.717, 1.165) is 5.56 Å². The Kier molecular flexibility index (Phi) is 4.68. The maximum Gasteiger partial charge on any atom is 0.179 e. The molecule has 0 atom stereocenters. The highest BCUT2D eigenvalue weighted by Crippen LogP contribution is 2.37. The van der Waals surface area contributed by atoms with Crippen LogP contribution in [-0.2, 0) is 11.4 Å². The van der Waals surface area contributed by atoms with Gasteiger partial charge in [0.25, 0.3) is 0 Å². The van der Waals surface area contributed by atoms with Gasteiger partial charge in [-0.2, -0.15) is 5.48 Å². The molecule has 1 aromatic rings. The molecule has 15 heavy (non-hydrogen) atoms. The van der Waals surface area contributed by atoms with Crippen molar-refractivity contribution in [3.8, 4) is 11.5 Å². The number of methoxy groups -OCH3 is 2. The molecular weight excluding hydrogens is 218 g/mol. The van der Waals surface area contributed by atoms with Gasteiger partial charge < -0.3 is 14.3 Å². The molecule has 0 unspecified atom stereocenters. The molecule has 0 aliphatic heterocycles. The predicted octanol–water partition coefficient (Wildman–Crippen LogP) is 2.01. The van der Waals surface area contributed by atoms with Crippen LogP contribution in [0.25, 0.3) is 0 Å². The van der Waals surface area contributed by atoms with Crippen LogP contribution in [0.15, 0.2) is 12.1 Å². The highest BCUT2D eigenvalue weighted by Gasteiger charge is 2.13. The molecule has 0 aliphatic rings. The van der Waals surface area contributed by atoms with Crippen LogP contribution >= 0.6 is 11.6 Å². The summed E-state index contributed by atoms with van der Waals surface area (Å²) in [6.45, 7) is 0.521. The molecule has 84 valence electrons. The van der Waals surface area contributed by atoms with Gasteiger partial charge in [0, 0.05) is 12.1 Å². The first-order valence-corrected chi connectivity index (χ1v) is 4.77. The highest BCUT2D eigenvalue weighted by atomic mass is 35.5. The van der Waals surface area contributed by atoms with Crippen LogP contribution in [0, 0.1) is 0 Å². The Hall–Kier alpha value is -0.970. The average molecular weight is 232 g/mol. The molecule has 0 amide bonds. The molecule has 0 saturated carbocycles. The van der Waals surface area contributed by atoms with Gasteiger partial charge in [-0.05, 0) is 6.07 Å². The lowest BCUT2D eigenvalue weighted by atomic mass is 10.2. The number of hydrogen-bond donors (Lipinski definition) is 1. The van der Waals surface area contributed by atoms with Crippen molar-refractivity contribution in [3.63, 3.8) is 0 Å². The van der Waals surface area contributed by atoms with Crippen molar-refractivity contribution in [2.45, 2.75) is 6.54 Å². The van der Waals surface area contributed by atoms with E-state index in [0.29, 0.717) is 23.1 Å². The van der Waals surface area contributed by atoms with E-state index in [-0.39, 0.29) is 0 Å². The van der Waals surface area contributed by atoms with E-state index < -0.39 is 0 Å². The Bertz CT molecular complexity index is 331. The molecule has 0 saturated heterocycles. The fourth-order valence-electron chi connectivity index (χ4n) is 1.28. The molecule has 4 nitrogen and oxygen atoms in total. The van der Waals surface area contributed by atoms with Crippen molar-refractivity contribution in [1.29, 1.82) is 0 Å². The maximum absolute atomic E-state index is 5.96. The fraction of sp³-hybridized carbons (Fsp3) is 0.400. The minimum Gasteiger partial charge on any atom is -0.492 e. The topological polar surface area (TPSA) is 39.7 Å². The van der Waals surface area contributed by atoms with Gasteiger partial charge in [-0.3, -0.25) is 0 Å². The van der Waals surface area contributed by atoms with E-state index in [1.165, 1.54) is 0 Å². The van der Waals surface area contributed by atoms with E-state index in [1.54, 1.807) is 27.4 Å². The zero-order valence-electron chi connectivity index (χ0n) is 8.96. The normalized spacial score (nSPS) is 10.1. The summed E-state index contributed by atoms with van der Waals surface area (Å²) in [5.41, 5.74) is 3.65. The molecule has 5 heteroatoms. The second-order valence-electron chi connectivity index (χ2n) is 2.80. The van der Waals surface area contributed by atoms with Gasteiger partial charge in [-0.15, -0.1) is 0 Å². The smallest absolute Gasteiger partial charge is 0.179 e. The number of hydroxylamine groups is 1. The van der Waals surface area contributed by atoms with Crippen molar-refractivity contribution < 1.29 is 14.3 Å². The molecular formula is C10H14ClNO3. The third kappa shape index (κ3) is 2.75. The summed E-state index contributed by atoms with van der Waals surface area (Å²) in [5.74, 6) is 1.16. The van der Waals surface area contributed by atoms with Gasteiger partial charge in [-0.1, -0.05) is 17.7 Å². The zero-order chi connectivity index (χ0) is 11.3. The Labute approximate surface area is 94.0 Å². The van der Waals surface area contributed by atoms with Crippen molar-refractivity contribution in [2.75, 3.05) is 21.3 Å². The SMILES string of the molecule is CONCc1ccc(Cl)c(OC)c1OC. The van der Waals surface area contributed by atoms with Crippen molar-refractivity contribution >= 4 is 11.6 Å². The van der Waals surface area contributed by atoms with Crippen molar-refractivity contribution in [3.05, 3.63) is 22.7 Å². The molecule has 1 rings (SSSR count). The summed E-state index contributed by atoms with van der Waals surface area (Å²) in [7, 11) is 4.68. The van der Waals surface area contributed by atoms with Crippen LogP contribution in [0.2, 0.25) is 5.02 Å². The Morgan fingerprint density at radius 2 is 1.80 bits per heavy atom. The maximum atomic E-state index is 5.96. The zero-order valence-corrected chi connectivity index (χ0v) is 9.72. The third-order valence-electron chi connectivity index (χ3n) is 1.96. The molecule has 0 radical (unpaired) electrons. The molecule has 0 heterocycles. The number of nitrogens with one attached hydrogen (secondary N) is 1. The van der Waals surface area contributed by atoms with E-state index in [9.17, 15) is 0 Å². The summed E-state index contributed by atoms with van der Waals surface area (Å²) >= 11 is 5.96. The first-order chi connectivity index (χ1) is 7.24. The average Bonchev–Trinajstić information content (AvgIpc) is 2.26. The van der Waals surface area contributed by atoms with Crippen LogP contribution < -0.4 is 15.0 Å². The first kappa shape index (κ1) is 12.1. The van der Waals surface area contributed by atoms with Gasteiger partial charge in [0.2, 0.25) is 0 Å². The van der Waals surface area contributed by atoms with Crippen LogP contribution in [0.4, 0.5) is 0 Å². The summed E-state index contributed by atoms with van der Waals surface area (Å²) in [5, 5.41) is 0.524. The van der Waals surface area contributed by atoms with Crippen LogP contribution in [0.3, 0.4) is 0 Å². The molecule has 0 bridgehead atoms. The monoisotopic (exact) mass is 231 g/mol. The van der Waals surface area contributed by atoms with E-state index in [4.69, 9.17) is 25.9 Å². The lowest BCUT2D eigenvalue weighted by Crippen LogP contribution is -2.12. The summed E-state index contributed by atoms with van der Waals surface area (Å²) < 4.78 is 10.4. The first-order valence-electron chi connectivity index (χ1n) is 4.39. The fourth-order valence-corrected chi connectivity index (χ4v) is 1.51. The predicted molar refractivity (Wildman–Crippen MR) is 58.4 cm³/mol. The molecule has 0 aromatic heterocycles. The standard InChI is InChI=1S/C10H14ClNO3/c1-13-9-7(6-12-15-3)4-5-8(11)10(9)14-2/h4-5,12H,6H2,1-3H3. The second-order valence-corrected chi connectivity index (χ2v) is 3.21. The van der Waals surface area contributed by atoms with E-state index in [1.807, 2.05) is 6.07 Å². The van der Waals surface area contributed by atoms with Crippen LogP contribution in [0.5, 0.6) is 11.5 Å². The minimum atomic E-state index is 0.521. The lowest BCUT2D eigenvalue weighted by molar-refractivity contribution is 0.0860. The lowest BCUT2D eigenvalue weighted by Gasteiger charge is -2.13. The molecule has 0 fully saturated rings. The largest absolute Gasteiger partial charge is 0.492 e. The van der Waals surface area contributed by atoms with Gasteiger partial charge >= 0.3 is 0 Å². The van der Waals surface area contributed by atoms with Gasteiger partial charge in [-0.25, -0.2) is 0 Å². The van der Waals surface area contributed by atoms with Crippen LogP contribution in [0.1, 0.15) is 5.56 Å². The minimum absolute atomic E-state index is 0.521. The quantitative estimate of drug-likeness (QED) is 0.787. The number of ether oxygens (including phenoxy) is 2. The van der Waals surface area contributed by atoms with Gasteiger partial charge in [0.1, 0.15) is 0 Å². The van der Waals surface area contributed by atoms with E-state index >= 15 is 0 Å². The van der Waals surface area contributed by atoms with Gasteiger partial charge in [0.05, 0.1) is 26.4 Å². The number of hydrogen-bond acceptors (Lipinski definition) is 4. The molecule has 1 aromatic carbocycles. The summed E-state index contributed by atoms with van der Waals surface area (Å²) in [6, 6.07) is 3.62. The van der Waals surface area contributed by atoms with Crippen LogP contribution in [-0.4, -0.2) is 21.3 Å². The third-order valence-corrected chi connectivity index (χ3v) is 2.26. The number of rotatable bonds is 5. The van der Waals surface area contributed by atoms with E-state index in [2.05, 4.69) is 5.48 Å². The molecule has 0 spiro atoms. The van der Waals surface area contributed by atoms with Crippen molar-refractivity contribution in [2.24, 2.45) is 0 Å². The van der Waals surface area contributed by atoms with Crippen molar-refractivity contribution in [1.82, 2.24) is 5.48 Å². The Morgan fingerprint density at radius 3 is 2.33 bits per heavy atom. The Balaban J connectivity index is 3.05. The summed E-state index contributed by atoms with van der Waals surface area (Å²) in [6.07, 6.45) is 0. The second kappa shape index (κ2) is 5.80. The number of halogens is 1. The molecule has 0 aliphatic carbocycles. The summed E-state index contributed by atoms with van der Waals surface area (Å²) in [4.78, 5) is 4.77. The Morgan fingerprint density at radius 1 is 1.13 bits per heavy atom. The number of benzene rings is 1. The highest BCUT2D eigenvalue weighted by molar-refractivity contribution is 6.32. The molecule has 1 N–H and O–H groups in total. The van der Waals surface area contributed by atoms with Gasteiger partial charge in [0.15, 0.2) is 11.5 Å².